The molecular formula is C18H27NO2. The van der Waals surface area contributed by atoms with Gasteiger partial charge in [0.25, 0.3) is 0 Å². The van der Waals surface area contributed by atoms with Crippen LogP contribution in [0.3, 0.4) is 0 Å². The molecule has 0 aliphatic heterocycles. The molecule has 0 heterocycles. The van der Waals surface area contributed by atoms with Crippen molar-refractivity contribution in [2.45, 2.75) is 70.4 Å². The lowest BCUT2D eigenvalue weighted by Crippen LogP contribution is -2.39. The van der Waals surface area contributed by atoms with E-state index in [0.717, 1.165) is 0 Å². The van der Waals surface area contributed by atoms with Crippen LogP contribution in [0.25, 0.3) is 0 Å². The number of benzene rings is 1. The van der Waals surface area contributed by atoms with Crippen molar-refractivity contribution >= 4 is 5.97 Å². The monoisotopic (exact) mass is 289 g/mol. The van der Waals surface area contributed by atoms with Gasteiger partial charge in [-0.25, -0.2) is 0 Å². The highest BCUT2D eigenvalue weighted by atomic mass is 16.6. The third-order valence-corrected chi connectivity index (χ3v) is 4.00. The van der Waals surface area contributed by atoms with Gasteiger partial charge in [-0.15, -0.1) is 0 Å². The van der Waals surface area contributed by atoms with E-state index in [1.807, 2.05) is 26.8 Å². The van der Waals surface area contributed by atoms with Gasteiger partial charge in [0.1, 0.15) is 11.6 Å². The fourth-order valence-electron chi connectivity index (χ4n) is 3.05. The number of nitrogens with two attached hydrogens (primary N) is 1. The van der Waals surface area contributed by atoms with Crippen molar-refractivity contribution in [1.29, 1.82) is 0 Å². The largest absolute Gasteiger partial charge is 0.459 e. The highest BCUT2D eigenvalue weighted by molar-refractivity contribution is 5.76. The Balaban J connectivity index is 2.07. The van der Waals surface area contributed by atoms with Crippen molar-refractivity contribution in [2.24, 2.45) is 5.73 Å². The Morgan fingerprint density at radius 2 is 1.90 bits per heavy atom. The summed E-state index contributed by atoms with van der Waals surface area (Å²) in [4.78, 5) is 12.0. The lowest BCUT2D eigenvalue weighted by atomic mass is 9.90. The lowest BCUT2D eigenvalue weighted by molar-refractivity contribution is -0.156. The van der Waals surface area contributed by atoms with E-state index in [1.165, 1.54) is 36.8 Å². The smallest absolute Gasteiger partial charge is 0.323 e. The minimum absolute atomic E-state index is 0.316. The predicted octanol–water partition coefficient (Wildman–Crippen LogP) is 3.56. The molecule has 1 fully saturated rings. The van der Waals surface area contributed by atoms with Gasteiger partial charge in [-0.05, 0) is 57.1 Å². The number of carbonyl (C=O) groups excluding carboxylic acids is 1. The van der Waals surface area contributed by atoms with Gasteiger partial charge in [0.15, 0.2) is 0 Å². The van der Waals surface area contributed by atoms with Crippen LogP contribution in [0.1, 0.15) is 63.5 Å². The van der Waals surface area contributed by atoms with Gasteiger partial charge in [-0.1, -0.05) is 37.1 Å². The van der Waals surface area contributed by atoms with Gasteiger partial charge in [0.05, 0.1) is 0 Å². The molecule has 3 heteroatoms. The second-order valence-electron chi connectivity index (χ2n) is 7.02. The molecule has 21 heavy (non-hydrogen) atoms. The Bertz CT molecular complexity index is 484. The molecule has 116 valence electrons. The van der Waals surface area contributed by atoms with E-state index >= 15 is 0 Å². The van der Waals surface area contributed by atoms with Gasteiger partial charge >= 0.3 is 5.97 Å². The fraction of sp³-hybridized carbons (Fsp3) is 0.611. The zero-order valence-corrected chi connectivity index (χ0v) is 13.4. The predicted molar refractivity (Wildman–Crippen MR) is 85.2 cm³/mol. The van der Waals surface area contributed by atoms with Gasteiger partial charge < -0.3 is 10.5 Å². The average Bonchev–Trinajstić information content (AvgIpc) is 2.91. The van der Waals surface area contributed by atoms with Crippen LogP contribution >= 0.6 is 0 Å². The number of rotatable bonds is 4. The van der Waals surface area contributed by atoms with Crippen molar-refractivity contribution < 1.29 is 9.53 Å². The summed E-state index contributed by atoms with van der Waals surface area (Å²) < 4.78 is 5.37. The number of carbonyl (C=O) groups is 1. The second kappa shape index (κ2) is 6.61. The quantitative estimate of drug-likeness (QED) is 0.862. The number of esters is 1. The summed E-state index contributed by atoms with van der Waals surface area (Å²) in [6, 6.07) is 7.79. The first-order valence-corrected chi connectivity index (χ1v) is 7.93. The molecule has 0 aromatic heterocycles. The molecule has 1 atom stereocenters. The van der Waals surface area contributed by atoms with E-state index in [9.17, 15) is 4.79 Å². The normalized spacial score (nSPS) is 17.7. The first-order chi connectivity index (χ1) is 9.87. The topological polar surface area (TPSA) is 52.3 Å². The second-order valence-corrected chi connectivity index (χ2v) is 7.02. The Morgan fingerprint density at radius 1 is 1.29 bits per heavy atom. The molecule has 1 aliphatic carbocycles. The van der Waals surface area contributed by atoms with Gasteiger partial charge in [-0.3, -0.25) is 4.79 Å². The molecule has 1 aromatic rings. The zero-order chi connectivity index (χ0) is 15.5. The van der Waals surface area contributed by atoms with Gasteiger partial charge in [-0.2, -0.15) is 0 Å². The van der Waals surface area contributed by atoms with E-state index in [4.69, 9.17) is 10.5 Å². The Morgan fingerprint density at radius 3 is 2.52 bits per heavy atom. The number of hydrogen-bond donors (Lipinski definition) is 1. The summed E-state index contributed by atoms with van der Waals surface area (Å²) in [6.07, 6.45) is 5.66. The highest BCUT2D eigenvalue weighted by Crippen LogP contribution is 2.36. The van der Waals surface area contributed by atoms with Crippen LogP contribution in [0.15, 0.2) is 24.3 Å². The number of hydrogen-bond acceptors (Lipinski definition) is 3. The van der Waals surface area contributed by atoms with Crippen molar-refractivity contribution in [3.8, 4) is 0 Å². The summed E-state index contributed by atoms with van der Waals surface area (Å²) >= 11 is 0. The molecule has 1 aromatic carbocycles. The van der Waals surface area contributed by atoms with Crippen molar-refractivity contribution in [3.63, 3.8) is 0 Å². The van der Waals surface area contributed by atoms with Crippen LogP contribution in [0.5, 0.6) is 0 Å². The van der Waals surface area contributed by atoms with Crippen molar-refractivity contribution in [3.05, 3.63) is 35.4 Å². The van der Waals surface area contributed by atoms with Crippen LogP contribution in [0.2, 0.25) is 0 Å². The molecule has 0 amide bonds. The minimum atomic E-state index is -0.591. The Hall–Kier alpha value is -1.35. The molecule has 1 aliphatic rings. The summed E-state index contributed by atoms with van der Waals surface area (Å²) in [5.74, 6) is 0.316. The molecule has 1 saturated carbocycles. The molecule has 2 rings (SSSR count). The Kier molecular flexibility index (Phi) is 5.04. The first-order valence-electron chi connectivity index (χ1n) is 7.93. The standard InChI is InChI=1S/C18H27NO2/c1-18(2,3)21-17(20)16(19)12-14-10-6-7-11-15(14)13-8-4-5-9-13/h6-7,10-11,13,16H,4-5,8-9,12,19H2,1-3H3/t16-/m0/s1. The fourth-order valence-corrected chi connectivity index (χ4v) is 3.05. The average molecular weight is 289 g/mol. The van der Waals surface area contributed by atoms with Crippen LogP contribution < -0.4 is 5.73 Å². The van der Waals surface area contributed by atoms with E-state index < -0.39 is 11.6 Å². The third-order valence-electron chi connectivity index (χ3n) is 4.00. The van der Waals surface area contributed by atoms with Crippen LogP contribution in [-0.4, -0.2) is 17.6 Å². The minimum Gasteiger partial charge on any atom is -0.459 e. The van der Waals surface area contributed by atoms with E-state index in [-0.39, 0.29) is 5.97 Å². The maximum absolute atomic E-state index is 12.0. The molecule has 0 radical (unpaired) electrons. The zero-order valence-electron chi connectivity index (χ0n) is 13.4. The van der Waals surface area contributed by atoms with E-state index in [0.29, 0.717) is 12.3 Å². The highest BCUT2D eigenvalue weighted by Gasteiger charge is 2.25. The van der Waals surface area contributed by atoms with Crippen LogP contribution in [-0.2, 0) is 16.0 Å². The van der Waals surface area contributed by atoms with E-state index in [2.05, 4.69) is 18.2 Å². The van der Waals surface area contributed by atoms with E-state index in [1.54, 1.807) is 0 Å². The Labute approximate surface area is 127 Å². The molecular weight excluding hydrogens is 262 g/mol. The molecule has 2 N–H and O–H groups in total. The SMILES string of the molecule is CC(C)(C)OC(=O)[C@@H](N)Cc1ccccc1C1CCCC1. The third kappa shape index (κ3) is 4.57. The molecule has 0 saturated heterocycles. The maximum atomic E-state index is 12.0. The van der Waals surface area contributed by atoms with Crippen molar-refractivity contribution in [2.75, 3.05) is 0 Å². The molecule has 0 spiro atoms. The van der Waals surface area contributed by atoms with Crippen LogP contribution in [0, 0.1) is 0 Å². The summed E-state index contributed by atoms with van der Waals surface area (Å²) in [5.41, 5.74) is 8.13. The van der Waals surface area contributed by atoms with Crippen LogP contribution in [0.4, 0.5) is 0 Å². The summed E-state index contributed by atoms with van der Waals surface area (Å²) in [5, 5.41) is 0. The van der Waals surface area contributed by atoms with Gasteiger partial charge in [0, 0.05) is 0 Å². The number of ether oxygens (including phenoxy) is 1. The molecule has 3 nitrogen and oxygen atoms in total. The summed E-state index contributed by atoms with van der Waals surface area (Å²) in [7, 11) is 0. The molecule has 0 unspecified atom stereocenters. The lowest BCUT2D eigenvalue weighted by Gasteiger charge is -2.23. The molecule has 0 bridgehead atoms. The summed E-state index contributed by atoms with van der Waals surface area (Å²) in [6.45, 7) is 5.60. The van der Waals surface area contributed by atoms with Gasteiger partial charge in [0.2, 0.25) is 0 Å². The first kappa shape index (κ1) is 16.0. The maximum Gasteiger partial charge on any atom is 0.323 e. The van der Waals surface area contributed by atoms with Crippen molar-refractivity contribution in [1.82, 2.24) is 0 Å².